The van der Waals surface area contributed by atoms with Crippen LogP contribution >= 0.6 is 15.9 Å². The summed E-state index contributed by atoms with van der Waals surface area (Å²) < 4.78 is 20.4. The third-order valence-corrected chi connectivity index (χ3v) is 3.54. The van der Waals surface area contributed by atoms with E-state index in [1.165, 1.54) is 0 Å². The van der Waals surface area contributed by atoms with Crippen molar-refractivity contribution in [3.05, 3.63) is 22.6 Å². The molecule has 2 aromatic rings. The van der Waals surface area contributed by atoms with E-state index >= 15 is 0 Å². The minimum atomic E-state index is -0.256. The summed E-state index contributed by atoms with van der Waals surface area (Å²) in [6.07, 6.45) is 1.62. The fourth-order valence-corrected chi connectivity index (χ4v) is 2.76. The third kappa shape index (κ3) is 1.81. The second kappa shape index (κ2) is 4.27. The van der Waals surface area contributed by atoms with Gasteiger partial charge in [-0.2, -0.15) is 5.10 Å². The van der Waals surface area contributed by atoms with Gasteiger partial charge in [-0.05, 0) is 22.0 Å². The third-order valence-electron chi connectivity index (χ3n) is 2.93. The molecule has 0 saturated carbocycles. The average Bonchev–Trinajstić information content (AvgIpc) is 2.78. The van der Waals surface area contributed by atoms with E-state index in [2.05, 4.69) is 26.1 Å². The van der Waals surface area contributed by atoms with E-state index in [0.29, 0.717) is 37.5 Å². The number of rotatable bonds is 1. The molecule has 1 fully saturated rings. The van der Waals surface area contributed by atoms with E-state index in [-0.39, 0.29) is 5.82 Å². The van der Waals surface area contributed by atoms with Gasteiger partial charge in [0, 0.05) is 22.9 Å². The Hall–Kier alpha value is -1.14. The largest absolute Gasteiger partial charge is 0.378 e. The van der Waals surface area contributed by atoms with Gasteiger partial charge < -0.3 is 9.64 Å². The predicted molar refractivity (Wildman–Crippen MR) is 66.8 cm³/mol. The van der Waals surface area contributed by atoms with Crippen molar-refractivity contribution in [3.8, 4) is 0 Å². The number of hydrogen-bond acceptors (Lipinski definition) is 3. The Labute approximate surface area is 106 Å². The van der Waals surface area contributed by atoms with E-state index < -0.39 is 0 Å². The number of morpholine rings is 1. The van der Waals surface area contributed by atoms with Crippen LogP contribution in [0.5, 0.6) is 0 Å². The predicted octanol–water partition coefficient (Wildman–Crippen LogP) is 2.30. The van der Waals surface area contributed by atoms with Crippen molar-refractivity contribution in [3.63, 3.8) is 0 Å². The van der Waals surface area contributed by atoms with Crippen molar-refractivity contribution in [2.24, 2.45) is 0 Å². The van der Waals surface area contributed by atoms with Gasteiger partial charge in [-0.15, -0.1) is 0 Å². The minimum Gasteiger partial charge on any atom is -0.378 e. The zero-order valence-corrected chi connectivity index (χ0v) is 10.6. The van der Waals surface area contributed by atoms with Crippen LogP contribution in [-0.2, 0) is 4.74 Å². The average molecular weight is 300 g/mol. The van der Waals surface area contributed by atoms with Crippen LogP contribution in [0.1, 0.15) is 0 Å². The number of H-pyrrole nitrogens is 1. The zero-order valence-electron chi connectivity index (χ0n) is 9.04. The first kappa shape index (κ1) is 11.0. The number of fused-ring (bicyclic) bond motifs is 1. The van der Waals surface area contributed by atoms with Crippen LogP contribution < -0.4 is 4.90 Å². The summed E-state index contributed by atoms with van der Waals surface area (Å²) in [6, 6.07) is 1.88. The molecule has 6 heteroatoms. The number of halogens is 2. The fourth-order valence-electron chi connectivity index (χ4n) is 2.09. The number of aromatic nitrogens is 2. The monoisotopic (exact) mass is 299 g/mol. The normalized spacial score (nSPS) is 16.7. The number of anilines is 1. The Morgan fingerprint density at radius 3 is 2.94 bits per heavy atom. The lowest BCUT2D eigenvalue weighted by atomic mass is 10.2. The number of aromatic amines is 1. The summed E-state index contributed by atoms with van der Waals surface area (Å²) in [5.74, 6) is -0.256. The smallest absolute Gasteiger partial charge is 0.173 e. The van der Waals surface area contributed by atoms with Crippen molar-refractivity contribution >= 4 is 32.5 Å². The fraction of sp³-hybridized carbons (Fsp3) is 0.364. The van der Waals surface area contributed by atoms with Crippen LogP contribution in [0.4, 0.5) is 10.1 Å². The lowest BCUT2D eigenvalue weighted by molar-refractivity contribution is 0.122. The van der Waals surface area contributed by atoms with Crippen molar-refractivity contribution in [2.45, 2.75) is 0 Å². The number of hydrogen-bond donors (Lipinski definition) is 1. The molecule has 3 rings (SSSR count). The summed E-state index contributed by atoms with van der Waals surface area (Å²) >= 11 is 3.42. The second-order valence-corrected chi connectivity index (χ2v) is 4.81. The van der Waals surface area contributed by atoms with Gasteiger partial charge in [0.25, 0.3) is 0 Å². The Bertz CT molecular complexity index is 551. The molecular weight excluding hydrogens is 289 g/mol. The van der Waals surface area contributed by atoms with Crippen LogP contribution in [0.2, 0.25) is 0 Å². The van der Waals surface area contributed by atoms with Gasteiger partial charge >= 0.3 is 0 Å². The number of nitrogens with one attached hydrogen (secondary N) is 1. The lowest BCUT2D eigenvalue weighted by Crippen LogP contribution is -2.37. The molecule has 1 aromatic carbocycles. The Balaban J connectivity index is 2.13. The number of benzene rings is 1. The van der Waals surface area contributed by atoms with E-state index in [4.69, 9.17) is 4.74 Å². The van der Waals surface area contributed by atoms with Crippen LogP contribution in [0.25, 0.3) is 10.9 Å². The molecule has 1 saturated heterocycles. The molecule has 0 unspecified atom stereocenters. The first-order valence-electron chi connectivity index (χ1n) is 5.41. The van der Waals surface area contributed by atoms with Crippen molar-refractivity contribution in [1.82, 2.24) is 10.2 Å². The highest BCUT2D eigenvalue weighted by Gasteiger charge is 2.21. The standard InChI is InChI=1S/C11H11BrFN3O/c12-8-5-7-6-14-15-10(7)9(13)11(8)16-1-3-17-4-2-16/h5-6H,1-4H2,(H,14,15). The molecule has 4 nitrogen and oxygen atoms in total. The maximum absolute atomic E-state index is 14.4. The topological polar surface area (TPSA) is 41.1 Å². The van der Waals surface area contributed by atoms with Crippen LogP contribution in [-0.4, -0.2) is 36.5 Å². The SMILES string of the molecule is Fc1c(N2CCOCC2)c(Br)cc2cn[nH]c12. The molecule has 17 heavy (non-hydrogen) atoms. The summed E-state index contributed by atoms with van der Waals surface area (Å²) in [5.41, 5.74) is 1.04. The van der Waals surface area contributed by atoms with E-state index in [9.17, 15) is 4.39 Å². The zero-order chi connectivity index (χ0) is 11.8. The minimum absolute atomic E-state index is 0.256. The van der Waals surface area contributed by atoms with E-state index in [0.717, 1.165) is 9.86 Å². The molecule has 1 aromatic heterocycles. The van der Waals surface area contributed by atoms with Crippen molar-refractivity contribution in [1.29, 1.82) is 0 Å². The van der Waals surface area contributed by atoms with Crippen molar-refractivity contribution in [2.75, 3.05) is 31.2 Å². The molecule has 1 N–H and O–H groups in total. The highest BCUT2D eigenvalue weighted by molar-refractivity contribution is 9.10. The summed E-state index contributed by atoms with van der Waals surface area (Å²) in [7, 11) is 0. The van der Waals surface area contributed by atoms with Gasteiger partial charge in [-0.3, -0.25) is 5.10 Å². The van der Waals surface area contributed by atoms with E-state index in [1.54, 1.807) is 6.20 Å². The summed E-state index contributed by atoms with van der Waals surface area (Å²) in [6.45, 7) is 2.67. The molecule has 2 heterocycles. The van der Waals surface area contributed by atoms with Crippen LogP contribution in [0.15, 0.2) is 16.7 Å². The number of nitrogens with zero attached hydrogens (tertiary/aromatic N) is 2. The Morgan fingerprint density at radius 1 is 1.41 bits per heavy atom. The Morgan fingerprint density at radius 2 is 2.18 bits per heavy atom. The Kier molecular flexibility index (Phi) is 2.76. The lowest BCUT2D eigenvalue weighted by Gasteiger charge is -2.30. The van der Waals surface area contributed by atoms with Gasteiger partial charge in [0.1, 0.15) is 5.52 Å². The molecule has 1 aliphatic heterocycles. The highest BCUT2D eigenvalue weighted by Crippen LogP contribution is 2.34. The quantitative estimate of drug-likeness (QED) is 0.878. The highest BCUT2D eigenvalue weighted by atomic mass is 79.9. The first-order valence-corrected chi connectivity index (χ1v) is 6.20. The molecular formula is C11H11BrFN3O. The summed E-state index contributed by atoms with van der Waals surface area (Å²) in [4.78, 5) is 1.99. The van der Waals surface area contributed by atoms with Gasteiger partial charge in [-0.1, -0.05) is 0 Å². The molecule has 1 aliphatic rings. The molecule has 0 spiro atoms. The molecule has 90 valence electrons. The van der Waals surface area contributed by atoms with Crippen LogP contribution in [0, 0.1) is 5.82 Å². The maximum atomic E-state index is 14.4. The van der Waals surface area contributed by atoms with Gasteiger partial charge in [0.2, 0.25) is 0 Å². The molecule has 0 radical (unpaired) electrons. The first-order chi connectivity index (χ1) is 8.27. The van der Waals surface area contributed by atoms with Crippen molar-refractivity contribution < 1.29 is 9.13 Å². The van der Waals surface area contributed by atoms with E-state index in [1.807, 2.05) is 11.0 Å². The van der Waals surface area contributed by atoms with Gasteiger partial charge in [0.05, 0.1) is 25.1 Å². The second-order valence-electron chi connectivity index (χ2n) is 3.95. The molecule has 0 amide bonds. The molecule has 0 atom stereocenters. The maximum Gasteiger partial charge on any atom is 0.173 e. The molecule has 0 bridgehead atoms. The molecule has 0 aliphatic carbocycles. The summed E-state index contributed by atoms with van der Waals surface area (Å²) in [5, 5.41) is 7.32. The van der Waals surface area contributed by atoms with Crippen LogP contribution in [0.3, 0.4) is 0 Å². The number of ether oxygens (including phenoxy) is 1. The van der Waals surface area contributed by atoms with Gasteiger partial charge in [-0.25, -0.2) is 4.39 Å². The van der Waals surface area contributed by atoms with Gasteiger partial charge in [0.15, 0.2) is 5.82 Å².